The molecular formula is C20H20FN5. The zero-order valence-electron chi connectivity index (χ0n) is 14.8. The summed E-state index contributed by atoms with van der Waals surface area (Å²) < 4.78 is 14.2. The Morgan fingerprint density at radius 2 is 1.88 bits per heavy atom. The fourth-order valence-electron chi connectivity index (χ4n) is 2.77. The summed E-state index contributed by atoms with van der Waals surface area (Å²) in [5.74, 6) is 5.84. The van der Waals surface area contributed by atoms with Crippen LogP contribution >= 0.6 is 0 Å². The van der Waals surface area contributed by atoms with Gasteiger partial charge in [-0.05, 0) is 50.3 Å². The third-order valence-corrected chi connectivity index (χ3v) is 4.28. The van der Waals surface area contributed by atoms with E-state index in [9.17, 15) is 4.39 Å². The molecule has 0 saturated heterocycles. The van der Waals surface area contributed by atoms with Crippen LogP contribution in [0.3, 0.4) is 0 Å². The number of hydrogen-bond acceptors (Lipinski definition) is 5. The molecule has 1 fully saturated rings. The second kappa shape index (κ2) is 6.65. The van der Waals surface area contributed by atoms with Crippen molar-refractivity contribution in [3.8, 4) is 24.7 Å². The van der Waals surface area contributed by atoms with Crippen molar-refractivity contribution in [3.63, 3.8) is 0 Å². The fourth-order valence-corrected chi connectivity index (χ4v) is 2.77. The monoisotopic (exact) mass is 349 g/mol. The first kappa shape index (κ1) is 17.7. The molecule has 2 aromatic rings. The van der Waals surface area contributed by atoms with Gasteiger partial charge in [-0.15, -0.1) is 12.8 Å². The lowest BCUT2D eigenvalue weighted by Gasteiger charge is -2.21. The Morgan fingerprint density at radius 3 is 2.46 bits per heavy atom. The molecular weight excluding hydrogens is 329 g/mol. The molecule has 0 aliphatic heterocycles. The van der Waals surface area contributed by atoms with E-state index in [1.165, 1.54) is 13.8 Å². The van der Waals surface area contributed by atoms with Crippen LogP contribution in [-0.2, 0) is 5.67 Å². The third-order valence-electron chi connectivity index (χ3n) is 4.28. The first-order valence-electron chi connectivity index (χ1n) is 8.36. The lowest BCUT2D eigenvalue weighted by molar-refractivity contribution is 0.206. The van der Waals surface area contributed by atoms with Gasteiger partial charge in [0, 0.05) is 11.1 Å². The van der Waals surface area contributed by atoms with Gasteiger partial charge in [0.1, 0.15) is 0 Å². The van der Waals surface area contributed by atoms with Gasteiger partial charge in [-0.25, -0.2) is 4.39 Å². The van der Waals surface area contributed by atoms with Gasteiger partial charge in [0.05, 0.1) is 6.04 Å². The molecule has 3 N–H and O–H groups in total. The summed E-state index contributed by atoms with van der Waals surface area (Å²) in [6.45, 7) is 2.75. The Morgan fingerprint density at radius 1 is 1.19 bits per heavy atom. The van der Waals surface area contributed by atoms with Crippen LogP contribution in [0.2, 0.25) is 0 Å². The molecule has 1 aromatic heterocycles. The lowest BCUT2D eigenvalue weighted by atomic mass is 9.97. The van der Waals surface area contributed by atoms with E-state index in [2.05, 4.69) is 32.1 Å². The van der Waals surface area contributed by atoms with Crippen molar-refractivity contribution in [2.24, 2.45) is 5.92 Å². The zero-order valence-corrected chi connectivity index (χ0v) is 14.8. The molecule has 1 unspecified atom stereocenters. The maximum Gasteiger partial charge on any atom is 0.228 e. The van der Waals surface area contributed by atoms with E-state index in [1.807, 2.05) is 18.2 Å². The van der Waals surface area contributed by atoms with Gasteiger partial charge < -0.3 is 11.1 Å². The van der Waals surface area contributed by atoms with Crippen LogP contribution in [0.15, 0.2) is 18.2 Å². The number of hydrogen-bond donors (Lipinski definition) is 2. The number of rotatable bonds is 5. The zero-order chi connectivity index (χ0) is 18.9. The summed E-state index contributed by atoms with van der Waals surface area (Å²) >= 11 is 0. The molecule has 26 heavy (non-hydrogen) atoms. The minimum atomic E-state index is -1.71. The topological polar surface area (TPSA) is 76.7 Å². The van der Waals surface area contributed by atoms with E-state index in [1.54, 1.807) is 0 Å². The van der Waals surface area contributed by atoms with Crippen LogP contribution in [0.25, 0.3) is 0 Å². The number of aromatic nitrogens is 3. The molecule has 1 aliphatic carbocycles. The fraction of sp³-hybridized carbons (Fsp3) is 0.350. The van der Waals surface area contributed by atoms with E-state index in [0.717, 1.165) is 18.4 Å². The summed E-state index contributed by atoms with van der Waals surface area (Å²) in [4.78, 5) is 12.2. The third kappa shape index (κ3) is 3.75. The Bertz CT molecular complexity index is 913. The van der Waals surface area contributed by atoms with Crippen LogP contribution in [0, 0.1) is 30.6 Å². The second-order valence-corrected chi connectivity index (χ2v) is 6.87. The summed E-state index contributed by atoms with van der Waals surface area (Å²) in [5, 5.41) is 3.27. The normalized spacial score (nSPS) is 15.0. The molecule has 3 rings (SSSR count). The minimum absolute atomic E-state index is 0.00552. The van der Waals surface area contributed by atoms with Crippen molar-refractivity contribution < 1.29 is 4.39 Å². The van der Waals surface area contributed by atoms with Crippen molar-refractivity contribution in [3.05, 3.63) is 40.7 Å². The molecule has 5 nitrogen and oxygen atoms in total. The standard InChI is InChI=1S/C20H20FN5/c1-5-12-7-10-15(11-13(12)6-2)16(14-8-9-14)23-19-25-17(20(3,4)21)24-18(22)26-19/h1-2,7,10-11,14,16H,8-9H2,3-4H3,(H3,22,23,24,25,26). The first-order chi connectivity index (χ1) is 12.3. The highest BCUT2D eigenvalue weighted by atomic mass is 19.1. The van der Waals surface area contributed by atoms with Gasteiger partial charge in [0.2, 0.25) is 11.9 Å². The molecule has 0 radical (unpaired) electrons. The van der Waals surface area contributed by atoms with Crippen LogP contribution < -0.4 is 11.1 Å². The summed E-state index contributed by atoms with van der Waals surface area (Å²) in [6, 6.07) is 5.61. The van der Waals surface area contributed by atoms with Gasteiger partial charge in [-0.3, -0.25) is 0 Å². The largest absolute Gasteiger partial charge is 0.368 e. The van der Waals surface area contributed by atoms with Crippen molar-refractivity contribution in [1.82, 2.24) is 15.0 Å². The van der Waals surface area contributed by atoms with Crippen molar-refractivity contribution in [2.75, 3.05) is 11.1 Å². The lowest BCUT2D eigenvalue weighted by Crippen LogP contribution is -2.21. The van der Waals surface area contributed by atoms with Gasteiger partial charge in [0.25, 0.3) is 0 Å². The second-order valence-electron chi connectivity index (χ2n) is 6.87. The molecule has 1 aromatic carbocycles. The molecule has 1 saturated carbocycles. The van der Waals surface area contributed by atoms with E-state index >= 15 is 0 Å². The number of halogens is 1. The van der Waals surface area contributed by atoms with E-state index in [-0.39, 0.29) is 23.8 Å². The van der Waals surface area contributed by atoms with Gasteiger partial charge in [-0.1, -0.05) is 17.9 Å². The van der Waals surface area contributed by atoms with Crippen LogP contribution in [0.4, 0.5) is 16.3 Å². The van der Waals surface area contributed by atoms with Gasteiger partial charge >= 0.3 is 0 Å². The smallest absolute Gasteiger partial charge is 0.228 e. The number of anilines is 2. The average molecular weight is 349 g/mol. The SMILES string of the molecule is C#Cc1ccc(C(Nc2nc(N)nc(C(C)(C)F)n2)C2CC2)cc1C#C. The highest BCUT2D eigenvalue weighted by Crippen LogP contribution is 2.43. The number of benzene rings is 1. The number of nitrogens with zero attached hydrogens (tertiary/aromatic N) is 3. The van der Waals surface area contributed by atoms with Crippen molar-refractivity contribution >= 4 is 11.9 Å². The molecule has 0 spiro atoms. The molecule has 6 heteroatoms. The quantitative estimate of drug-likeness (QED) is 0.811. The van der Waals surface area contributed by atoms with Crippen molar-refractivity contribution in [2.45, 2.75) is 38.4 Å². The molecule has 0 amide bonds. The number of nitrogens with two attached hydrogens (primary N) is 1. The highest BCUT2D eigenvalue weighted by molar-refractivity contribution is 5.51. The predicted octanol–water partition coefficient (Wildman–Crippen LogP) is 3.18. The van der Waals surface area contributed by atoms with E-state index in [4.69, 9.17) is 18.6 Å². The maximum atomic E-state index is 14.2. The predicted molar refractivity (Wildman–Crippen MR) is 99.8 cm³/mol. The van der Waals surface area contributed by atoms with Crippen LogP contribution in [0.5, 0.6) is 0 Å². The summed E-state index contributed by atoms with van der Waals surface area (Å²) in [5.41, 5.74) is 6.34. The van der Waals surface area contributed by atoms with Gasteiger partial charge in [0.15, 0.2) is 11.5 Å². The van der Waals surface area contributed by atoms with Crippen LogP contribution in [-0.4, -0.2) is 15.0 Å². The Kier molecular flexibility index (Phi) is 4.52. The van der Waals surface area contributed by atoms with Crippen molar-refractivity contribution in [1.29, 1.82) is 0 Å². The summed E-state index contributed by atoms with van der Waals surface area (Å²) in [6.07, 6.45) is 13.2. The highest BCUT2D eigenvalue weighted by Gasteiger charge is 2.34. The number of terminal acetylenes is 2. The molecule has 0 bridgehead atoms. The number of alkyl halides is 1. The maximum absolute atomic E-state index is 14.2. The molecule has 1 aliphatic rings. The van der Waals surface area contributed by atoms with E-state index < -0.39 is 5.67 Å². The number of nitrogens with one attached hydrogen (secondary N) is 1. The average Bonchev–Trinajstić information content (AvgIpc) is 3.42. The van der Waals surface area contributed by atoms with Gasteiger partial charge in [-0.2, -0.15) is 15.0 Å². The van der Waals surface area contributed by atoms with E-state index in [0.29, 0.717) is 17.0 Å². The summed E-state index contributed by atoms with van der Waals surface area (Å²) in [7, 11) is 0. The van der Waals surface area contributed by atoms with Crippen LogP contribution in [0.1, 0.15) is 55.2 Å². The Balaban J connectivity index is 1.95. The Hall–Kier alpha value is -3.12. The Labute approximate surface area is 152 Å². The molecule has 132 valence electrons. The molecule has 1 atom stereocenters. The first-order valence-corrected chi connectivity index (χ1v) is 8.36. The minimum Gasteiger partial charge on any atom is -0.368 e. The number of nitrogen functional groups attached to an aromatic ring is 1. The molecule has 1 heterocycles.